The lowest BCUT2D eigenvalue weighted by molar-refractivity contribution is 0.171. The van der Waals surface area contributed by atoms with Gasteiger partial charge in [-0.15, -0.1) is 0 Å². The number of nitrogens with one attached hydrogen (secondary N) is 1. The molecule has 0 aliphatic heterocycles. The Hall–Kier alpha value is -1.80. The van der Waals surface area contributed by atoms with E-state index in [0.717, 1.165) is 17.8 Å². The molecule has 2 aromatic rings. The van der Waals surface area contributed by atoms with Crippen LogP contribution in [0.1, 0.15) is 23.7 Å². The number of rotatable bonds is 5. The highest BCUT2D eigenvalue weighted by Gasteiger charge is 2.06. The minimum atomic E-state index is -0.401. The van der Waals surface area contributed by atoms with Crippen LogP contribution in [0.25, 0.3) is 0 Å². The number of hydrogen-bond acceptors (Lipinski definition) is 2. The summed E-state index contributed by atoms with van der Waals surface area (Å²) in [4.78, 5) is 0. The second-order valence-corrected chi connectivity index (χ2v) is 4.51. The number of aliphatic hydroxyl groups excluding tert-OH is 1. The summed E-state index contributed by atoms with van der Waals surface area (Å²) in [5, 5.41) is 13.3. The molecule has 0 saturated carbocycles. The maximum atomic E-state index is 10.0. The Bertz CT molecular complexity index is 464. The largest absolute Gasteiger partial charge is 0.388 e. The van der Waals surface area contributed by atoms with E-state index < -0.39 is 6.10 Å². The van der Waals surface area contributed by atoms with E-state index in [1.165, 1.54) is 5.56 Å². The number of aliphatic hydroxyl groups is 1. The van der Waals surface area contributed by atoms with Crippen molar-refractivity contribution in [3.63, 3.8) is 0 Å². The second-order valence-electron chi connectivity index (χ2n) is 4.51. The van der Waals surface area contributed by atoms with Gasteiger partial charge in [0.25, 0.3) is 0 Å². The monoisotopic (exact) mass is 241 g/mol. The predicted octanol–water partition coefficient (Wildman–Crippen LogP) is 3.53. The van der Waals surface area contributed by atoms with E-state index in [4.69, 9.17) is 0 Å². The normalized spacial score (nSPS) is 12.1. The molecule has 0 aliphatic rings. The SMILES string of the molecule is Cc1ccc(C(O)CCNc2ccccc2)cc1. The number of hydrogen-bond donors (Lipinski definition) is 2. The van der Waals surface area contributed by atoms with Gasteiger partial charge in [0, 0.05) is 12.2 Å². The molecule has 94 valence electrons. The lowest BCUT2D eigenvalue weighted by Gasteiger charge is -2.12. The third-order valence-electron chi connectivity index (χ3n) is 2.98. The van der Waals surface area contributed by atoms with Gasteiger partial charge < -0.3 is 10.4 Å². The summed E-state index contributed by atoms with van der Waals surface area (Å²) in [7, 11) is 0. The summed E-state index contributed by atoms with van der Waals surface area (Å²) in [5.41, 5.74) is 3.29. The van der Waals surface area contributed by atoms with Crippen LogP contribution < -0.4 is 5.32 Å². The smallest absolute Gasteiger partial charge is 0.0806 e. The molecule has 2 N–H and O–H groups in total. The number of benzene rings is 2. The Labute approximate surface area is 108 Å². The van der Waals surface area contributed by atoms with Crippen LogP contribution in [0, 0.1) is 6.92 Å². The van der Waals surface area contributed by atoms with Crippen molar-refractivity contribution in [1.82, 2.24) is 0 Å². The first-order chi connectivity index (χ1) is 8.75. The first kappa shape index (κ1) is 12.7. The van der Waals surface area contributed by atoms with Crippen molar-refractivity contribution in [1.29, 1.82) is 0 Å². The van der Waals surface area contributed by atoms with Crippen molar-refractivity contribution >= 4 is 5.69 Å². The van der Waals surface area contributed by atoms with Crippen molar-refractivity contribution < 1.29 is 5.11 Å². The lowest BCUT2D eigenvalue weighted by Crippen LogP contribution is -2.07. The average molecular weight is 241 g/mol. The Morgan fingerprint density at radius 2 is 1.67 bits per heavy atom. The Balaban J connectivity index is 1.81. The van der Waals surface area contributed by atoms with E-state index in [1.54, 1.807) is 0 Å². The van der Waals surface area contributed by atoms with E-state index in [9.17, 15) is 5.11 Å². The zero-order chi connectivity index (χ0) is 12.8. The standard InChI is InChI=1S/C16H19NO/c1-13-7-9-14(10-8-13)16(18)11-12-17-15-5-3-2-4-6-15/h2-10,16-18H,11-12H2,1H3. The third kappa shape index (κ3) is 3.60. The van der Waals surface area contributed by atoms with Gasteiger partial charge in [-0.3, -0.25) is 0 Å². The average Bonchev–Trinajstić information content (AvgIpc) is 2.40. The molecule has 0 aliphatic carbocycles. The van der Waals surface area contributed by atoms with Crippen molar-refractivity contribution in [2.24, 2.45) is 0 Å². The molecular weight excluding hydrogens is 222 g/mol. The summed E-state index contributed by atoms with van der Waals surface area (Å²) >= 11 is 0. The highest BCUT2D eigenvalue weighted by molar-refractivity contribution is 5.42. The van der Waals surface area contributed by atoms with E-state index >= 15 is 0 Å². The molecular formula is C16H19NO. The summed E-state index contributed by atoms with van der Waals surface area (Å²) in [6, 6.07) is 18.1. The Kier molecular flexibility index (Phi) is 4.37. The van der Waals surface area contributed by atoms with Crippen LogP contribution in [0.15, 0.2) is 54.6 Å². The third-order valence-corrected chi connectivity index (χ3v) is 2.98. The highest BCUT2D eigenvalue weighted by Crippen LogP contribution is 2.17. The van der Waals surface area contributed by atoms with E-state index in [-0.39, 0.29) is 0 Å². The zero-order valence-corrected chi connectivity index (χ0v) is 10.6. The van der Waals surface area contributed by atoms with Crippen LogP contribution in [0.4, 0.5) is 5.69 Å². The molecule has 0 bridgehead atoms. The molecule has 0 heterocycles. The fraction of sp³-hybridized carbons (Fsp3) is 0.250. The number of anilines is 1. The second kappa shape index (κ2) is 6.22. The Morgan fingerprint density at radius 3 is 2.33 bits per heavy atom. The van der Waals surface area contributed by atoms with Gasteiger partial charge in [0.05, 0.1) is 6.10 Å². The van der Waals surface area contributed by atoms with Gasteiger partial charge >= 0.3 is 0 Å². The fourth-order valence-electron chi connectivity index (χ4n) is 1.86. The van der Waals surface area contributed by atoms with Crippen LogP contribution in [-0.4, -0.2) is 11.7 Å². The van der Waals surface area contributed by atoms with E-state index in [2.05, 4.69) is 5.32 Å². The van der Waals surface area contributed by atoms with Crippen LogP contribution in [0.2, 0.25) is 0 Å². The maximum Gasteiger partial charge on any atom is 0.0806 e. The molecule has 1 atom stereocenters. The van der Waals surface area contributed by atoms with Gasteiger partial charge in [-0.1, -0.05) is 48.0 Å². The van der Waals surface area contributed by atoms with Gasteiger partial charge in [-0.2, -0.15) is 0 Å². The minimum Gasteiger partial charge on any atom is -0.388 e. The van der Waals surface area contributed by atoms with Crippen LogP contribution in [0.5, 0.6) is 0 Å². The van der Waals surface area contributed by atoms with Gasteiger partial charge in [-0.05, 0) is 31.0 Å². The van der Waals surface area contributed by atoms with Crippen molar-refractivity contribution in [3.05, 3.63) is 65.7 Å². The zero-order valence-electron chi connectivity index (χ0n) is 10.6. The summed E-state index contributed by atoms with van der Waals surface area (Å²) < 4.78 is 0. The van der Waals surface area contributed by atoms with Gasteiger partial charge in [-0.25, -0.2) is 0 Å². The summed E-state index contributed by atoms with van der Waals surface area (Å²) in [6.45, 7) is 2.81. The molecule has 2 rings (SSSR count). The van der Waals surface area contributed by atoms with E-state index in [0.29, 0.717) is 6.42 Å². The number of para-hydroxylation sites is 1. The molecule has 0 saturated heterocycles. The predicted molar refractivity (Wildman–Crippen MR) is 75.7 cm³/mol. The van der Waals surface area contributed by atoms with Crippen LogP contribution in [0.3, 0.4) is 0 Å². The molecule has 18 heavy (non-hydrogen) atoms. The number of aryl methyl sites for hydroxylation is 1. The minimum absolute atomic E-state index is 0.401. The molecule has 0 fully saturated rings. The van der Waals surface area contributed by atoms with Gasteiger partial charge in [0.2, 0.25) is 0 Å². The Morgan fingerprint density at radius 1 is 1.00 bits per heavy atom. The molecule has 0 aromatic heterocycles. The molecule has 0 radical (unpaired) electrons. The quantitative estimate of drug-likeness (QED) is 0.839. The van der Waals surface area contributed by atoms with Gasteiger partial charge in [0.1, 0.15) is 0 Å². The fourth-order valence-corrected chi connectivity index (χ4v) is 1.86. The maximum absolute atomic E-state index is 10.0. The molecule has 0 amide bonds. The lowest BCUT2D eigenvalue weighted by atomic mass is 10.1. The molecule has 2 heteroatoms. The first-order valence-electron chi connectivity index (χ1n) is 6.29. The van der Waals surface area contributed by atoms with Gasteiger partial charge in [0.15, 0.2) is 0 Å². The van der Waals surface area contributed by atoms with Crippen LogP contribution in [-0.2, 0) is 0 Å². The molecule has 2 nitrogen and oxygen atoms in total. The molecule has 0 spiro atoms. The summed E-state index contributed by atoms with van der Waals surface area (Å²) in [6.07, 6.45) is 0.305. The van der Waals surface area contributed by atoms with Crippen LogP contribution >= 0.6 is 0 Å². The van der Waals surface area contributed by atoms with Crippen molar-refractivity contribution in [3.8, 4) is 0 Å². The first-order valence-corrected chi connectivity index (χ1v) is 6.29. The molecule has 1 unspecified atom stereocenters. The summed E-state index contributed by atoms with van der Waals surface area (Å²) in [5.74, 6) is 0. The van der Waals surface area contributed by atoms with Crippen molar-refractivity contribution in [2.45, 2.75) is 19.4 Å². The highest BCUT2D eigenvalue weighted by atomic mass is 16.3. The molecule has 2 aromatic carbocycles. The van der Waals surface area contributed by atoms with Crippen molar-refractivity contribution in [2.75, 3.05) is 11.9 Å². The topological polar surface area (TPSA) is 32.3 Å². The van der Waals surface area contributed by atoms with E-state index in [1.807, 2.05) is 61.5 Å².